The van der Waals surface area contributed by atoms with Crippen LogP contribution in [0, 0.1) is 0 Å². The van der Waals surface area contributed by atoms with E-state index in [9.17, 15) is 9.18 Å². The van der Waals surface area contributed by atoms with Gasteiger partial charge in [-0.3, -0.25) is 0 Å². The zero-order chi connectivity index (χ0) is 12.3. The Bertz CT molecular complexity index is 352. The molecule has 0 aromatic carbocycles. The fraction of sp³-hybridized carbons (Fsp3) is 0.700. The predicted molar refractivity (Wildman–Crippen MR) is 57.0 cm³/mol. The van der Waals surface area contributed by atoms with E-state index in [0.717, 1.165) is 0 Å². The minimum Gasteiger partial charge on any atom is -0.377 e. The van der Waals surface area contributed by atoms with Crippen molar-refractivity contribution < 1.29 is 18.9 Å². The average molecular weight is 230 g/mol. The standard InChI is InChI=1S/C10H15FN2O3/c1-6-5-10(4,16-12-6)9(14)15-13-8(3)7(2)11/h7H,5H2,1-4H3/b13-8+. The van der Waals surface area contributed by atoms with Crippen molar-refractivity contribution in [3.05, 3.63) is 0 Å². The zero-order valence-electron chi connectivity index (χ0n) is 9.78. The molecule has 0 saturated heterocycles. The molecule has 0 aromatic heterocycles. The van der Waals surface area contributed by atoms with Gasteiger partial charge in [-0.05, 0) is 27.7 Å². The fourth-order valence-corrected chi connectivity index (χ4v) is 1.12. The van der Waals surface area contributed by atoms with Gasteiger partial charge in [0.1, 0.15) is 6.17 Å². The first-order valence-electron chi connectivity index (χ1n) is 4.97. The predicted octanol–water partition coefficient (Wildman–Crippen LogP) is 1.82. The first-order chi connectivity index (χ1) is 7.35. The maximum absolute atomic E-state index is 12.7. The van der Waals surface area contributed by atoms with E-state index in [2.05, 4.69) is 15.1 Å². The Hall–Kier alpha value is -1.46. The molecule has 1 rings (SSSR count). The molecule has 1 aliphatic rings. The number of rotatable bonds is 3. The van der Waals surface area contributed by atoms with Crippen LogP contribution in [-0.4, -0.2) is 29.2 Å². The molecule has 0 spiro atoms. The minimum absolute atomic E-state index is 0.104. The Labute approximate surface area is 93.3 Å². The summed E-state index contributed by atoms with van der Waals surface area (Å²) in [7, 11) is 0. The van der Waals surface area contributed by atoms with Gasteiger partial charge < -0.3 is 9.68 Å². The number of nitrogens with zero attached hydrogens (tertiary/aromatic N) is 2. The van der Waals surface area contributed by atoms with Crippen LogP contribution in [0.2, 0.25) is 0 Å². The summed E-state index contributed by atoms with van der Waals surface area (Å²) >= 11 is 0. The molecular formula is C10H15FN2O3. The zero-order valence-corrected chi connectivity index (χ0v) is 9.78. The van der Waals surface area contributed by atoms with Crippen molar-refractivity contribution in [2.45, 2.75) is 45.9 Å². The second kappa shape index (κ2) is 4.59. The van der Waals surface area contributed by atoms with E-state index in [0.29, 0.717) is 12.1 Å². The molecule has 6 heteroatoms. The number of halogens is 1. The molecular weight excluding hydrogens is 215 g/mol. The van der Waals surface area contributed by atoms with Crippen LogP contribution in [-0.2, 0) is 14.5 Å². The highest BCUT2D eigenvalue weighted by molar-refractivity contribution is 5.92. The lowest BCUT2D eigenvalue weighted by Gasteiger charge is -2.16. The maximum Gasteiger partial charge on any atom is 0.381 e. The molecule has 2 unspecified atom stereocenters. The lowest BCUT2D eigenvalue weighted by molar-refractivity contribution is -0.167. The van der Waals surface area contributed by atoms with Crippen molar-refractivity contribution >= 4 is 17.4 Å². The summed E-state index contributed by atoms with van der Waals surface area (Å²) in [4.78, 5) is 21.2. The summed E-state index contributed by atoms with van der Waals surface area (Å²) < 4.78 is 12.7. The molecule has 0 fully saturated rings. The number of carbonyl (C=O) groups excluding carboxylic acids is 1. The van der Waals surface area contributed by atoms with Gasteiger partial charge in [-0.15, -0.1) is 0 Å². The van der Waals surface area contributed by atoms with Crippen molar-refractivity contribution in [2.24, 2.45) is 10.3 Å². The van der Waals surface area contributed by atoms with Gasteiger partial charge in [-0.2, -0.15) is 0 Å². The van der Waals surface area contributed by atoms with E-state index in [1.807, 2.05) is 0 Å². The summed E-state index contributed by atoms with van der Waals surface area (Å²) in [5, 5.41) is 7.07. The Morgan fingerprint density at radius 2 is 2.38 bits per heavy atom. The highest BCUT2D eigenvalue weighted by atomic mass is 19.1. The summed E-state index contributed by atoms with van der Waals surface area (Å²) in [6.07, 6.45) is -0.894. The van der Waals surface area contributed by atoms with Gasteiger partial charge in [-0.1, -0.05) is 10.3 Å². The van der Waals surface area contributed by atoms with Gasteiger partial charge in [0.25, 0.3) is 0 Å². The number of hydrogen-bond donors (Lipinski definition) is 0. The van der Waals surface area contributed by atoms with Gasteiger partial charge in [-0.25, -0.2) is 9.18 Å². The highest BCUT2D eigenvalue weighted by Gasteiger charge is 2.43. The fourth-order valence-electron chi connectivity index (χ4n) is 1.12. The molecule has 0 radical (unpaired) electrons. The molecule has 0 saturated carbocycles. The summed E-state index contributed by atoms with van der Waals surface area (Å²) in [6, 6.07) is 0. The van der Waals surface area contributed by atoms with Gasteiger partial charge in [0.2, 0.25) is 5.60 Å². The van der Waals surface area contributed by atoms with Crippen LogP contribution in [0.4, 0.5) is 4.39 Å². The molecule has 0 aromatic rings. The third-order valence-electron chi connectivity index (χ3n) is 2.28. The molecule has 1 heterocycles. The molecule has 90 valence electrons. The van der Waals surface area contributed by atoms with E-state index < -0.39 is 17.7 Å². The second-order valence-electron chi connectivity index (χ2n) is 4.05. The topological polar surface area (TPSA) is 60.2 Å². The number of oxime groups is 2. The first kappa shape index (κ1) is 12.6. The van der Waals surface area contributed by atoms with Crippen molar-refractivity contribution in [3.63, 3.8) is 0 Å². The Morgan fingerprint density at radius 1 is 1.75 bits per heavy atom. The first-order valence-corrected chi connectivity index (χ1v) is 4.97. The van der Waals surface area contributed by atoms with Gasteiger partial charge >= 0.3 is 5.97 Å². The van der Waals surface area contributed by atoms with Crippen molar-refractivity contribution in [3.8, 4) is 0 Å². The molecule has 0 amide bonds. The minimum atomic E-state index is -1.25. The molecule has 2 atom stereocenters. The van der Waals surface area contributed by atoms with Gasteiger partial charge in [0, 0.05) is 6.42 Å². The molecule has 1 aliphatic heterocycles. The SMILES string of the molecule is CC1=NOC(C)(C(=O)O/N=C(\C)C(C)F)C1. The Morgan fingerprint density at radius 3 is 2.81 bits per heavy atom. The molecule has 16 heavy (non-hydrogen) atoms. The van der Waals surface area contributed by atoms with Crippen molar-refractivity contribution in [1.82, 2.24) is 0 Å². The van der Waals surface area contributed by atoms with E-state index in [4.69, 9.17) is 4.84 Å². The largest absolute Gasteiger partial charge is 0.381 e. The quantitative estimate of drug-likeness (QED) is 0.422. The smallest absolute Gasteiger partial charge is 0.377 e. The summed E-state index contributed by atoms with van der Waals surface area (Å²) in [6.45, 7) is 6.06. The second-order valence-corrected chi connectivity index (χ2v) is 4.05. The van der Waals surface area contributed by atoms with Crippen LogP contribution >= 0.6 is 0 Å². The van der Waals surface area contributed by atoms with Gasteiger partial charge in [0.15, 0.2) is 0 Å². The van der Waals surface area contributed by atoms with Crippen molar-refractivity contribution in [2.75, 3.05) is 0 Å². The Balaban J connectivity index is 2.57. The molecule has 0 aliphatic carbocycles. The molecule has 5 nitrogen and oxygen atoms in total. The molecule has 0 bridgehead atoms. The van der Waals surface area contributed by atoms with E-state index >= 15 is 0 Å². The normalized spacial score (nSPS) is 27.1. The maximum atomic E-state index is 12.7. The van der Waals surface area contributed by atoms with Crippen LogP contribution in [0.1, 0.15) is 34.1 Å². The average Bonchev–Trinajstić information content (AvgIpc) is 2.55. The van der Waals surface area contributed by atoms with E-state index in [-0.39, 0.29) is 5.71 Å². The number of alkyl halides is 1. The third-order valence-corrected chi connectivity index (χ3v) is 2.28. The van der Waals surface area contributed by atoms with E-state index in [1.54, 1.807) is 13.8 Å². The summed E-state index contributed by atoms with van der Waals surface area (Å²) in [5.74, 6) is -0.673. The Kier molecular flexibility index (Phi) is 3.62. The third kappa shape index (κ3) is 2.77. The lowest BCUT2D eigenvalue weighted by Crippen LogP contribution is -2.36. The molecule has 0 N–H and O–H groups in total. The van der Waals surface area contributed by atoms with Crippen molar-refractivity contribution in [1.29, 1.82) is 0 Å². The van der Waals surface area contributed by atoms with Crippen LogP contribution < -0.4 is 0 Å². The van der Waals surface area contributed by atoms with E-state index in [1.165, 1.54) is 13.8 Å². The monoisotopic (exact) mass is 230 g/mol. The van der Waals surface area contributed by atoms with Crippen LogP contribution in [0.5, 0.6) is 0 Å². The number of carbonyl (C=O) groups is 1. The van der Waals surface area contributed by atoms with Crippen LogP contribution in [0.25, 0.3) is 0 Å². The highest BCUT2D eigenvalue weighted by Crippen LogP contribution is 2.24. The van der Waals surface area contributed by atoms with Crippen LogP contribution in [0.3, 0.4) is 0 Å². The van der Waals surface area contributed by atoms with Gasteiger partial charge in [0.05, 0.1) is 11.4 Å². The summed E-state index contributed by atoms with van der Waals surface area (Å²) in [5.41, 5.74) is -0.334. The van der Waals surface area contributed by atoms with Crippen LogP contribution in [0.15, 0.2) is 10.3 Å². The number of hydrogen-bond acceptors (Lipinski definition) is 5. The lowest BCUT2D eigenvalue weighted by atomic mass is 10.0.